The average Bonchev–Trinajstić information content (AvgIpc) is 3.08. The van der Waals surface area contributed by atoms with E-state index >= 15 is 0 Å². The molecule has 3 aromatic carbocycles. The van der Waals surface area contributed by atoms with E-state index in [0.717, 1.165) is 16.5 Å². The third-order valence-corrected chi connectivity index (χ3v) is 5.45. The smallest absolute Gasteiger partial charge is 0.352 e. The van der Waals surface area contributed by atoms with Crippen LogP contribution in [0.15, 0.2) is 78.9 Å². The summed E-state index contributed by atoms with van der Waals surface area (Å²) in [6.07, 6.45) is 0. The minimum atomic E-state index is -1.02. The van der Waals surface area contributed by atoms with E-state index in [4.69, 9.17) is 0 Å². The summed E-state index contributed by atoms with van der Waals surface area (Å²) in [5.41, 5.74) is 3.26. The van der Waals surface area contributed by atoms with Crippen LogP contribution in [0, 0.1) is 5.82 Å². The highest BCUT2D eigenvalue weighted by atomic mass is 19.1. The molecule has 152 valence electrons. The topological polar surface area (TPSA) is 54.3 Å². The van der Waals surface area contributed by atoms with E-state index in [0.29, 0.717) is 17.7 Å². The molecule has 0 radical (unpaired) electrons. The number of nitrogens with zero attached hydrogens (tertiary/aromatic N) is 1. The number of carboxylic acid groups (broad SMARTS) is 1. The Balaban J connectivity index is 1.75. The molecule has 0 fully saturated rings. The van der Waals surface area contributed by atoms with Crippen LogP contribution in [0.4, 0.5) is 4.39 Å². The molecule has 0 aliphatic carbocycles. The second-order valence-corrected chi connectivity index (χ2v) is 7.34. The lowest BCUT2D eigenvalue weighted by Gasteiger charge is -2.15. The summed E-state index contributed by atoms with van der Waals surface area (Å²) in [4.78, 5) is 12.3. The second-order valence-electron chi connectivity index (χ2n) is 7.34. The van der Waals surface area contributed by atoms with Gasteiger partial charge in [-0.1, -0.05) is 66.7 Å². The molecule has 0 aliphatic heterocycles. The maximum absolute atomic E-state index is 14.3. The van der Waals surface area contributed by atoms with Gasteiger partial charge in [-0.15, -0.1) is 0 Å². The van der Waals surface area contributed by atoms with Crippen molar-refractivity contribution in [2.24, 2.45) is 0 Å². The van der Waals surface area contributed by atoms with E-state index in [2.05, 4.69) is 5.32 Å². The minimum absolute atomic E-state index is 0.0570. The first-order valence-corrected chi connectivity index (χ1v) is 9.91. The summed E-state index contributed by atoms with van der Waals surface area (Å²) < 4.78 is 16.0. The first-order chi connectivity index (χ1) is 14.6. The van der Waals surface area contributed by atoms with Gasteiger partial charge in [0, 0.05) is 34.6 Å². The van der Waals surface area contributed by atoms with Crippen molar-refractivity contribution in [1.29, 1.82) is 0 Å². The quantitative estimate of drug-likeness (QED) is 0.436. The van der Waals surface area contributed by atoms with E-state index in [1.165, 1.54) is 6.07 Å². The van der Waals surface area contributed by atoms with Gasteiger partial charge in [0.15, 0.2) is 0 Å². The van der Waals surface area contributed by atoms with Gasteiger partial charge in [-0.05, 0) is 24.6 Å². The van der Waals surface area contributed by atoms with Crippen molar-refractivity contribution in [2.75, 3.05) is 0 Å². The largest absolute Gasteiger partial charge is 0.477 e. The standard InChI is InChI=1S/C25H23FN2O2/c1-17(18-9-3-2-4-10-18)27-15-21-20-12-6-8-14-23(20)28(24(21)25(29)30)16-19-11-5-7-13-22(19)26/h2-14,17,27H,15-16H2,1H3,(H,29,30)/t17-/m0/s1. The molecule has 0 amide bonds. The Morgan fingerprint density at radius 3 is 2.40 bits per heavy atom. The SMILES string of the molecule is C[C@H](NCc1c(C(=O)O)n(Cc2ccccc2F)c2ccccc12)c1ccccc1. The molecule has 4 rings (SSSR count). The molecule has 2 N–H and O–H groups in total. The Labute approximate surface area is 174 Å². The van der Waals surface area contributed by atoms with Crippen molar-refractivity contribution in [2.45, 2.75) is 26.1 Å². The Morgan fingerprint density at radius 1 is 1.00 bits per heavy atom. The Kier molecular flexibility index (Phi) is 5.63. The number of aromatic carboxylic acids is 1. The highest BCUT2D eigenvalue weighted by Crippen LogP contribution is 2.28. The van der Waals surface area contributed by atoms with Gasteiger partial charge in [-0.25, -0.2) is 9.18 Å². The number of hydrogen-bond acceptors (Lipinski definition) is 2. The van der Waals surface area contributed by atoms with Gasteiger partial charge >= 0.3 is 5.97 Å². The van der Waals surface area contributed by atoms with Crippen LogP contribution in [0.2, 0.25) is 0 Å². The molecule has 0 spiro atoms. The lowest BCUT2D eigenvalue weighted by atomic mass is 10.1. The van der Waals surface area contributed by atoms with Crippen LogP contribution in [0.5, 0.6) is 0 Å². The molecular weight excluding hydrogens is 379 g/mol. The van der Waals surface area contributed by atoms with Crippen LogP contribution in [-0.2, 0) is 13.1 Å². The maximum atomic E-state index is 14.3. The van der Waals surface area contributed by atoms with E-state index in [1.807, 2.05) is 61.5 Å². The van der Waals surface area contributed by atoms with Crippen LogP contribution in [0.1, 0.15) is 40.1 Å². The first-order valence-electron chi connectivity index (χ1n) is 9.91. The van der Waals surface area contributed by atoms with Gasteiger partial charge in [0.25, 0.3) is 0 Å². The van der Waals surface area contributed by atoms with Crippen molar-refractivity contribution in [3.05, 3.63) is 107 Å². The van der Waals surface area contributed by atoms with Gasteiger partial charge in [0.2, 0.25) is 0 Å². The molecule has 30 heavy (non-hydrogen) atoms. The Morgan fingerprint density at radius 2 is 1.67 bits per heavy atom. The fourth-order valence-corrected chi connectivity index (χ4v) is 3.87. The third-order valence-electron chi connectivity index (χ3n) is 5.45. The number of carbonyl (C=O) groups is 1. The lowest BCUT2D eigenvalue weighted by molar-refractivity contribution is 0.0684. The molecule has 5 heteroatoms. The molecule has 0 aliphatic rings. The predicted molar refractivity (Wildman–Crippen MR) is 116 cm³/mol. The molecule has 0 bridgehead atoms. The summed E-state index contributed by atoms with van der Waals surface area (Å²) in [6.45, 7) is 2.60. The van der Waals surface area contributed by atoms with Crippen molar-refractivity contribution < 1.29 is 14.3 Å². The second kappa shape index (κ2) is 8.51. The van der Waals surface area contributed by atoms with Crippen LogP contribution < -0.4 is 5.32 Å². The zero-order chi connectivity index (χ0) is 21.1. The van der Waals surface area contributed by atoms with Crippen LogP contribution in [0.25, 0.3) is 10.9 Å². The molecular formula is C25H23FN2O2. The molecule has 1 aromatic heterocycles. The summed E-state index contributed by atoms with van der Waals surface area (Å²) in [5, 5.41) is 14.3. The van der Waals surface area contributed by atoms with Gasteiger partial charge in [-0.3, -0.25) is 0 Å². The fourth-order valence-electron chi connectivity index (χ4n) is 3.87. The number of rotatable bonds is 7. The summed E-state index contributed by atoms with van der Waals surface area (Å²) in [5.74, 6) is -1.37. The number of para-hydroxylation sites is 1. The van der Waals surface area contributed by atoms with Crippen molar-refractivity contribution in [3.63, 3.8) is 0 Å². The number of nitrogens with one attached hydrogen (secondary N) is 1. The molecule has 1 atom stereocenters. The first kappa shape index (κ1) is 19.9. The van der Waals surface area contributed by atoms with E-state index in [-0.39, 0.29) is 24.1 Å². The fraction of sp³-hybridized carbons (Fsp3) is 0.160. The highest BCUT2D eigenvalue weighted by molar-refractivity contribution is 5.98. The van der Waals surface area contributed by atoms with Gasteiger partial charge in [-0.2, -0.15) is 0 Å². The highest BCUT2D eigenvalue weighted by Gasteiger charge is 2.23. The number of aromatic nitrogens is 1. The monoisotopic (exact) mass is 402 g/mol. The molecule has 4 nitrogen and oxygen atoms in total. The number of halogens is 1. The molecule has 0 saturated carbocycles. The maximum Gasteiger partial charge on any atom is 0.352 e. The number of carboxylic acids is 1. The van der Waals surface area contributed by atoms with Gasteiger partial charge in [0.1, 0.15) is 11.5 Å². The third kappa shape index (κ3) is 3.84. The van der Waals surface area contributed by atoms with Crippen LogP contribution >= 0.6 is 0 Å². The van der Waals surface area contributed by atoms with E-state index in [9.17, 15) is 14.3 Å². The average molecular weight is 402 g/mol. The minimum Gasteiger partial charge on any atom is -0.477 e. The number of fused-ring (bicyclic) bond motifs is 1. The van der Waals surface area contributed by atoms with E-state index in [1.54, 1.807) is 22.8 Å². The molecule has 0 saturated heterocycles. The molecule has 4 aromatic rings. The Bertz CT molecular complexity index is 1180. The normalized spacial score (nSPS) is 12.2. The number of benzene rings is 3. The zero-order valence-corrected chi connectivity index (χ0v) is 16.7. The molecule has 0 unspecified atom stereocenters. The summed E-state index contributed by atoms with van der Waals surface area (Å²) in [6, 6.07) is 24.1. The lowest BCUT2D eigenvalue weighted by Crippen LogP contribution is -2.20. The van der Waals surface area contributed by atoms with Crippen LogP contribution in [0.3, 0.4) is 0 Å². The summed E-state index contributed by atoms with van der Waals surface area (Å²) in [7, 11) is 0. The molecule has 1 heterocycles. The Hall–Kier alpha value is -3.44. The van der Waals surface area contributed by atoms with Crippen molar-refractivity contribution in [1.82, 2.24) is 9.88 Å². The predicted octanol–water partition coefficient (Wildman–Crippen LogP) is 5.38. The van der Waals surface area contributed by atoms with Gasteiger partial charge < -0.3 is 15.0 Å². The van der Waals surface area contributed by atoms with Crippen molar-refractivity contribution >= 4 is 16.9 Å². The number of hydrogen-bond donors (Lipinski definition) is 2. The zero-order valence-electron chi connectivity index (χ0n) is 16.7. The van der Waals surface area contributed by atoms with Crippen molar-refractivity contribution in [3.8, 4) is 0 Å². The van der Waals surface area contributed by atoms with Crippen LogP contribution in [-0.4, -0.2) is 15.6 Å². The van der Waals surface area contributed by atoms with E-state index < -0.39 is 5.97 Å². The summed E-state index contributed by atoms with van der Waals surface area (Å²) >= 11 is 0. The van der Waals surface area contributed by atoms with Gasteiger partial charge in [0.05, 0.1) is 6.54 Å².